The lowest BCUT2D eigenvalue weighted by atomic mass is 10.0. The first kappa shape index (κ1) is 19.2. The minimum Gasteiger partial charge on any atom is -0.493 e. The normalized spacial score (nSPS) is 11.5. The molecule has 0 saturated heterocycles. The molecular formula is C22H21NO5. The van der Waals surface area contributed by atoms with Gasteiger partial charge in [-0.1, -0.05) is 36.4 Å². The number of rotatable bonds is 6. The van der Waals surface area contributed by atoms with Gasteiger partial charge in [0.15, 0.2) is 17.6 Å². The van der Waals surface area contributed by atoms with Gasteiger partial charge in [0.05, 0.1) is 19.8 Å². The van der Waals surface area contributed by atoms with E-state index >= 15 is 0 Å². The van der Waals surface area contributed by atoms with Crippen LogP contribution in [0.15, 0.2) is 60.7 Å². The number of hydrogen-bond acceptors (Lipinski definition) is 5. The zero-order chi connectivity index (χ0) is 20.1. The van der Waals surface area contributed by atoms with E-state index < -0.39 is 18.0 Å². The Bertz CT molecular complexity index is 1010. The molecule has 0 aromatic heterocycles. The molecule has 0 aliphatic carbocycles. The summed E-state index contributed by atoms with van der Waals surface area (Å²) < 4.78 is 15.8. The zero-order valence-electron chi connectivity index (χ0n) is 15.9. The smallest absolute Gasteiger partial charge is 0.339 e. The lowest BCUT2D eigenvalue weighted by Gasteiger charge is -2.15. The number of nitrogens with one attached hydrogen (secondary N) is 1. The van der Waals surface area contributed by atoms with Gasteiger partial charge in [-0.25, -0.2) is 4.79 Å². The van der Waals surface area contributed by atoms with Gasteiger partial charge in [-0.3, -0.25) is 4.79 Å². The van der Waals surface area contributed by atoms with Crippen LogP contribution in [0, 0.1) is 0 Å². The molecule has 1 N–H and O–H groups in total. The molecule has 0 fully saturated rings. The van der Waals surface area contributed by atoms with Crippen LogP contribution in [-0.2, 0) is 9.53 Å². The van der Waals surface area contributed by atoms with Crippen molar-refractivity contribution in [3.05, 3.63) is 66.2 Å². The summed E-state index contributed by atoms with van der Waals surface area (Å²) in [5.74, 6) is 0.0456. The summed E-state index contributed by atoms with van der Waals surface area (Å²) in [5, 5.41) is 4.42. The van der Waals surface area contributed by atoms with Crippen molar-refractivity contribution < 1.29 is 23.8 Å². The first-order chi connectivity index (χ1) is 13.5. The zero-order valence-corrected chi connectivity index (χ0v) is 15.9. The van der Waals surface area contributed by atoms with Crippen LogP contribution in [0.1, 0.15) is 17.3 Å². The van der Waals surface area contributed by atoms with Gasteiger partial charge in [-0.2, -0.15) is 0 Å². The van der Waals surface area contributed by atoms with E-state index in [1.54, 1.807) is 30.3 Å². The molecule has 3 aromatic rings. The Labute approximate surface area is 163 Å². The predicted molar refractivity (Wildman–Crippen MR) is 107 cm³/mol. The van der Waals surface area contributed by atoms with Crippen LogP contribution in [0.5, 0.6) is 11.5 Å². The van der Waals surface area contributed by atoms with Crippen LogP contribution in [0.4, 0.5) is 5.69 Å². The van der Waals surface area contributed by atoms with Gasteiger partial charge in [0, 0.05) is 11.8 Å². The second-order valence-corrected chi connectivity index (χ2v) is 6.13. The van der Waals surface area contributed by atoms with E-state index in [2.05, 4.69) is 5.32 Å². The van der Waals surface area contributed by atoms with Crippen LogP contribution >= 0.6 is 0 Å². The standard InChI is InChI=1S/C22H21NO5/c1-14(21(24)23-16-11-12-19(26-2)20(13-16)27-3)28-22(25)18-10-6-8-15-7-4-5-9-17(15)18/h4-14H,1-3H3,(H,23,24). The lowest BCUT2D eigenvalue weighted by Crippen LogP contribution is -2.30. The van der Waals surface area contributed by atoms with E-state index in [0.29, 0.717) is 22.7 Å². The summed E-state index contributed by atoms with van der Waals surface area (Å²) in [5.41, 5.74) is 0.930. The molecule has 0 aliphatic rings. The summed E-state index contributed by atoms with van der Waals surface area (Å²) in [6.07, 6.45) is -0.973. The van der Waals surface area contributed by atoms with Gasteiger partial charge in [-0.05, 0) is 35.9 Å². The maximum absolute atomic E-state index is 12.6. The number of anilines is 1. The van der Waals surface area contributed by atoms with Crippen molar-refractivity contribution in [2.24, 2.45) is 0 Å². The number of methoxy groups -OCH3 is 2. The molecule has 6 heteroatoms. The number of benzene rings is 3. The highest BCUT2D eigenvalue weighted by Crippen LogP contribution is 2.29. The van der Waals surface area contributed by atoms with E-state index in [0.717, 1.165) is 10.8 Å². The Hall–Kier alpha value is -3.54. The van der Waals surface area contributed by atoms with Crippen molar-refractivity contribution in [3.8, 4) is 11.5 Å². The van der Waals surface area contributed by atoms with Gasteiger partial charge in [0.25, 0.3) is 5.91 Å². The fourth-order valence-corrected chi connectivity index (χ4v) is 2.84. The van der Waals surface area contributed by atoms with Crippen molar-refractivity contribution in [1.29, 1.82) is 0 Å². The van der Waals surface area contributed by atoms with Crippen LogP contribution in [0.3, 0.4) is 0 Å². The van der Waals surface area contributed by atoms with Crippen LogP contribution in [-0.4, -0.2) is 32.2 Å². The fourth-order valence-electron chi connectivity index (χ4n) is 2.84. The van der Waals surface area contributed by atoms with Crippen molar-refractivity contribution in [2.45, 2.75) is 13.0 Å². The van der Waals surface area contributed by atoms with E-state index in [4.69, 9.17) is 14.2 Å². The lowest BCUT2D eigenvalue weighted by molar-refractivity contribution is -0.123. The quantitative estimate of drug-likeness (QED) is 0.654. The summed E-state index contributed by atoms with van der Waals surface area (Å²) in [7, 11) is 3.04. The maximum Gasteiger partial charge on any atom is 0.339 e. The van der Waals surface area contributed by atoms with Crippen LogP contribution < -0.4 is 14.8 Å². The first-order valence-electron chi connectivity index (χ1n) is 8.75. The molecule has 0 heterocycles. The highest BCUT2D eigenvalue weighted by atomic mass is 16.5. The second-order valence-electron chi connectivity index (χ2n) is 6.13. The molecule has 0 spiro atoms. The molecule has 3 aromatic carbocycles. The Balaban J connectivity index is 1.71. The summed E-state index contributed by atoms with van der Waals surface area (Å²) in [6, 6.07) is 17.9. The first-order valence-corrected chi connectivity index (χ1v) is 8.75. The van der Waals surface area contributed by atoms with Gasteiger partial charge in [-0.15, -0.1) is 0 Å². The van der Waals surface area contributed by atoms with Crippen LogP contribution in [0.25, 0.3) is 10.8 Å². The highest BCUT2D eigenvalue weighted by molar-refractivity contribution is 6.05. The summed E-state index contributed by atoms with van der Waals surface area (Å²) in [6.45, 7) is 1.53. The van der Waals surface area contributed by atoms with Crippen molar-refractivity contribution in [2.75, 3.05) is 19.5 Å². The molecule has 3 rings (SSSR count). The number of hydrogen-bond donors (Lipinski definition) is 1. The van der Waals surface area contributed by atoms with E-state index in [1.165, 1.54) is 21.1 Å². The molecule has 6 nitrogen and oxygen atoms in total. The number of ether oxygens (including phenoxy) is 3. The average Bonchev–Trinajstić information content (AvgIpc) is 2.72. The molecular weight excluding hydrogens is 358 g/mol. The number of esters is 1. The Morgan fingerprint density at radius 1 is 0.893 bits per heavy atom. The maximum atomic E-state index is 12.6. The number of fused-ring (bicyclic) bond motifs is 1. The second kappa shape index (κ2) is 8.43. The summed E-state index contributed by atoms with van der Waals surface area (Å²) in [4.78, 5) is 25.0. The van der Waals surface area contributed by atoms with Crippen molar-refractivity contribution in [1.82, 2.24) is 0 Å². The molecule has 1 unspecified atom stereocenters. The molecule has 0 bridgehead atoms. The minimum absolute atomic E-state index is 0.420. The third-order valence-electron chi connectivity index (χ3n) is 4.31. The average molecular weight is 379 g/mol. The van der Waals surface area contributed by atoms with Gasteiger partial charge >= 0.3 is 5.97 Å². The van der Waals surface area contributed by atoms with Crippen molar-refractivity contribution in [3.63, 3.8) is 0 Å². The van der Waals surface area contributed by atoms with Crippen molar-refractivity contribution >= 4 is 28.3 Å². The number of carbonyl (C=O) groups is 2. The largest absolute Gasteiger partial charge is 0.493 e. The monoisotopic (exact) mass is 379 g/mol. The molecule has 0 saturated carbocycles. The molecule has 0 radical (unpaired) electrons. The van der Waals surface area contributed by atoms with Gasteiger partial charge < -0.3 is 19.5 Å². The third-order valence-corrected chi connectivity index (χ3v) is 4.31. The number of amides is 1. The van der Waals surface area contributed by atoms with E-state index in [1.807, 2.05) is 30.3 Å². The minimum atomic E-state index is -0.973. The molecule has 1 atom stereocenters. The molecule has 1 amide bonds. The highest BCUT2D eigenvalue weighted by Gasteiger charge is 2.20. The Kier molecular flexibility index (Phi) is 5.79. The Morgan fingerprint density at radius 2 is 1.61 bits per heavy atom. The van der Waals surface area contributed by atoms with Gasteiger partial charge in [0.1, 0.15) is 0 Å². The van der Waals surface area contributed by atoms with E-state index in [9.17, 15) is 9.59 Å². The van der Waals surface area contributed by atoms with Gasteiger partial charge in [0.2, 0.25) is 0 Å². The topological polar surface area (TPSA) is 73.9 Å². The van der Waals surface area contributed by atoms with E-state index in [-0.39, 0.29) is 0 Å². The SMILES string of the molecule is COc1ccc(NC(=O)C(C)OC(=O)c2cccc3ccccc23)cc1OC. The van der Waals surface area contributed by atoms with Crippen LogP contribution in [0.2, 0.25) is 0 Å². The Morgan fingerprint density at radius 3 is 2.36 bits per heavy atom. The third kappa shape index (κ3) is 4.06. The fraction of sp³-hybridized carbons (Fsp3) is 0.182. The molecule has 28 heavy (non-hydrogen) atoms. The predicted octanol–water partition coefficient (Wildman–Crippen LogP) is 4.04. The number of carbonyl (C=O) groups excluding carboxylic acids is 2. The molecule has 144 valence electrons. The summed E-state index contributed by atoms with van der Waals surface area (Å²) >= 11 is 0. The molecule has 0 aliphatic heterocycles.